The molecule has 3 aromatic carbocycles. The van der Waals surface area contributed by atoms with Crippen molar-refractivity contribution in [2.75, 3.05) is 13.4 Å². The van der Waals surface area contributed by atoms with Gasteiger partial charge in [0, 0.05) is 27.8 Å². The molecule has 0 radical (unpaired) electrons. The van der Waals surface area contributed by atoms with Gasteiger partial charge in [-0.1, -0.05) is 29.8 Å². The molecular weight excluding hydrogens is 456 g/mol. The Hall–Kier alpha value is -3.48. The van der Waals surface area contributed by atoms with Gasteiger partial charge in [-0.25, -0.2) is 0 Å². The molecule has 0 N–H and O–H groups in total. The third-order valence-electron chi connectivity index (χ3n) is 5.60. The molecule has 0 atom stereocenters. The topological polar surface area (TPSA) is 63.2 Å². The van der Waals surface area contributed by atoms with Gasteiger partial charge in [-0.05, 0) is 49.8 Å². The Bertz CT molecular complexity index is 1300. The number of carbonyl (C=O) groups is 1. The molecule has 3 aromatic rings. The molecule has 174 valence electrons. The molecular formula is C27H23ClO6. The molecule has 0 aliphatic carbocycles. The molecule has 7 heteroatoms. The Morgan fingerprint density at radius 1 is 1.12 bits per heavy atom. The summed E-state index contributed by atoms with van der Waals surface area (Å²) in [5, 5.41) is 0.590. The van der Waals surface area contributed by atoms with E-state index < -0.39 is 0 Å². The third kappa shape index (κ3) is 4.34. The van der Waals surface area contributed by atoms with Gasteiger partial charge in [-0.15, -0.1) is 0 Å². The number of carbonyl (C=O) groups excluding carboxylic acids is 1. The lowest BCUT2D eigenvalue weighted by Crippen LogP contribution is -2.14. The Labute approximate surface area is 202 Å². The minimum atomic E-state index is -0.164. The lowest BCUT2D eigenvalue weighted by molar-refractivity contribution is -0.0175. The van der Waals surface area contributed by atoms with Crippen molar-refractivity contribution in [1.29, 1.82) is 0 Å². The zero-order valence-corrected chi connectivity index (χ0v) is 19.6. The van der Waals surface area contributed by atoms with E-state index in [9.17, 15) is 4.79 Å². The summed E-state index contributed by atoms with van der Waals surface area (Å²) < 4.78 is 28.7. The van der Waals surface area contributed by atoms with Crippen LogP contribution in [0.4, 0.5) is 0 Å². The summed E-state index contributed by atoms with van der Waals surface area (Å²) in [5.41, 5.74) is 3.81. The molecule has 34 heavy (non-hydrogen) atoms. The lowest BCUT2D eigenvalue weighted by atomic mass is 10.0. The Balaban J connectivity index is 1.39. The first-order chi connectivity index (χ1) is 16.5. The highest BCUT2D eigenvalue weighted by Crippen LogP contribution is 2.39. The average Bonchev–Trinajstić information content (AvgIpc) is 3.14. The largest absolute Gasteiger partial charge is 0.493 e. The van der Waals surface area contributed by atoms with Crippen LogP contribution in [0.25, 0.3) is 6.08 Å². The van der Waals surface area contributed by atoms with Crippen molar-refractivity contribution in [3.05, 3.63) is 87.1 Å². The molecule has 2 heterocycles. The van der Waals surface area contributed by atoms with Crippen molar-refractivity contribution in [2.45, 2.75) is 27.1 Å². The first-order valence-corrected chi connectivity index (χ1v) is 11.4. The number of rotatable bonds is 6. The predicted octanol–water partition coefficient (Wildman–Crippen LogP) is 6.11. The van der Waals surface area contributed by atoms with E-state index in [0.29, 0.717) is 41.0 Å². The van der Waals surface area contributed by atoms with E-state index in [0.717, 1.165) is 28.0 Å². The fourth-order valence-corrected chi connectivity index (χ4v) is 4.38. The Morgan fingerprint density at radius 2 is 1.97 bits per heavy atom. The SMILES string of the molecule is CCOc1ccccc1/C=C1\Oc2cc(OCc3cc(Cl)cc4c3OCOC4)cc(C)c2C1=O. The van der Waals surface area contributed by atoms with E-state index in [2.05, 4.69) is 0 Å². The van der Waals surface area contributed by atoms with Gasteiger partial charge in [0.2, 0.25) is 5.78 Å². The predicted molar refractivity (Wildman–Crippen MR) is 128 cm³/mol. The molecule has 5 rings (SSSR count). The number of Topliss-reactive ketones (excluding diaryl/α,β-unsaturated/α-hetero) is 1. The second kappa shape index (κ2) is 9.41. The summed E-state index contributed by atoms with van der Waals surface area (Å²) in [7, 11) is 0. The number of fused-ring (bicyclic) bond motifs is 2. The van der Waals surface area contributed by atoms with Gasteiger partial charge in [0.25, 0.3) is 0 Å². The molecule has 0 amide bonds. The first kappa shape index (κ1) is 22.3. The molecule has 0 saturated carbocycles. The maximum atomic E-state index is 13.1. The van der Waals surface area contributed by atoms with Crippen molar-refractivity contribution in [3.8, 4) is 23.0 Å². The molecule has 0 unspecified atom stereocenters. The van der Waals surface area contributed by atoms with Crippen LogP contribution in [0.15, 0.2) is 54.3 Å². The van der Waals surface area contributed by atoms with Crippen LogP contribution >= 0.6 is 11.6 Å². The van der Waals surface area contributed by atoms with Crippen LogP contribution in [-0.4, -0.2) is 19.2 Å². The van der Waals surface area contributed by atoms with Crippen LogP contribution in [0, 0.1) is 6.92 Å². The first-order valence-electron chi connectivity index (χ1n) is 11.0. The smallest absolute Gasteiger partial charge is 0.232 e. The van der Waals surface area contributed by atoms with E-state index in [4.69, 9.17) is 35.3 Å². The molecule has 0 bridgehead atoms. The van der Waals surface area contributed by atoms with Gasteiger partial charge in [0.1, 0.15) is 29.6 Å². The van der Waals surface area contributed by atoms with Crippen molar-refractivity contribution in [3.63, 3.8) is 0 Å². The number of hydrogen-bond donors (Lipinski definition) is 0. The minimum absolute atomic E-state index is 0.164. The van der Waals surface area contributed by atoms with Crippen LogP contribution < -0.4 is 18.9 Å². The molecule has 2 aliphatic rings. The number of hydrogen-bond acceptors (Lipinski definition) is 6. The fourth-order valence-electron chi connectivity index (χ4n) is 4.11. The number of aryl methyl sites for hydroxylation is 1. The van der Waals surface area contributed by atoms with Crippen LogP contribution in [0.2, 0.25) is 5.02 Å². The lowest BCUT2D eigenvalue weighted by Gasteiger charge is -2.21. The summed E-state index contributed by atoms with van der Waals surface area (Å²) in [4.78, 5) is 13.1. The van der Waals surface area contributed by atoms with Gasteiger partial charge in [0.05, 0.1) is 18.8 Å². The Kier molecular flexibility index (Phi) is 6.18. The highest BCUT2D eigenvalue weighted by atomic mass is 35.5. The third-order valence-corrected chi connectivity index (χ3v) is 5.81. The standard InChI is InChI=1S/C27H23ClO6/c1-3-31-22-7-5-4-6-17(22)11-24-26(29)25-16(2)8-21(12-23(25)34-24)32-14-19-10-20(28)9-18-13-30-15-33-27(18)19/h4-12H,3,13-15H2,1-2H3/b24-11-. The highest BCUT2D eigenvalue weighted by molar-refractivity contribution is 6.30. The molecule has 0 spiro atoms. The molecule has 2 aliphatic heterocycles. The van der Waals surface area contributed by atoms with Crippen LogP contribution in [0.3, 0.4) is 0 Å². The second-order valence-electron chi connectivity index (χ2n) is 7.98. The number of ether oxygens (including phenoxy) is 5. The monoisotopic (exact) mass is 478 g/mol. The van der Waals surface area contributed by atoms with Gasteiger partial charge in [-0.2, -0.15) is 0 Å². The van der Waals surface area contributed by atoms with E-state index in [1.165, 1.54) is 0 Å². The van der Waals surface area contributed by atoms with Gasteiger partial charge >= 0.3 is 0 Å². The van der Waals surface area contributed by atoms with Gasteiger partial charge in [-0.3, -0.25) is 4.79 Å². The van der Waals surface area contributed by atoms with E-state index in [1.807, 2.05) is 56.3 Å². The molecule has 0 fully saturated rings. The van der Waals surface area contributed by atoms with Crippen molar-refractivity contribution < 1.29 is 28.5 Å². The number of para-hydroxylation sites is 1. The summed E-state index contributed by atoms with van der Waals surface area (Å²) in [6, 6.07) is 14.8. The van der Waals surface area contributed by atoms with Crippen molar-refractivity contribution in [2.24, 2.45) is 0 Å². The molecule has 0 saturated heterocycles. The quantitative estimate of drug-likeness (QED) is 0.398. The summed E-state index contributed by atoms with van der Waals surface area (Å²) >= 11 is 6.26. The zero-order valence-electron chi connectivity index (χ0n) is 18.9. The fraction of sp³-hybridized carbons (Fsp3) is 0.222. The summed E-state index contributed by atoms with van der Waals surface area (Å²) in [5.74, 6) is 2.57. The van der Waals surface area contributed by atoms with Gasteiger partial charge in [0.15, 0.2) is 12.6 Å². The number of allylic oxidation sites excluding steroid dienone is 1. The van der Waals surface area contributed by atoms with Crippen molar-refractivity contribution in [1.82, 2.24) is 0 Å². The summed E-state index contributed by atoms with van der Waals surface area (Å²) in [6.07, 6.45) is 1.71. The average molecular weight is 479 g/mol. The Morgan fingerprint density at radius 3 is 2.82 bits per heavy atom. The maximum Gasteiger partial charge on any atom is 0.232 e. The molecule has 6 nitrogen and oxygen atoms in total. The van der Waals surface area contributed by atoms with E-state index in [-0.39, 0.29) is 24.9 Å². The van der Waals surface area contributed by atoms with Gasteiger partial charge < -0.3 is 23.7 Å². The van der Waals surface area contributed by atoms with E-state index in [1.54, 1.807) is 12.1 Å². The van der Waals surface area contributed by atoms with Crippen LogP contribution in [0.1, 0.15) is 39.5 Å². The molecule has 0 aromatic heterocycles. The van der Waals surface area contributed by atoms with Crippen LogP contribution in [0.5, 0.6) is 23.0 Å². The van der Waals surface area contributed by atoms with Crippen LogP contribution in [-0.2, 0) is 18.0 Å². The summed E-state index contributed by atoms with van der Waals surface area (Å²) in [6.45, 7) is 5.20. The number of ketones is 1. The number of halogens is 1. The normalized spacial score (nSPS) is 15.4. The van der Waals surface area contributed by atoms with Crippen molar-refractivity contribution >= 4 is 23.5 Å². The maximum absolute atomic E-state index is 13.1. The van der Waals surface area contributed by atoms with E-state index >= 15 is 0 Å². The second-order valence-corrected chi connectivity index (χ2v) is 8.41. The zero-order chi connectivity index (χ0) is 23.7. The highest BCUT2D eigenvalue weighted by Gasteiger charge is 2.30. The minimum Gasteiger partial charge on any atom is -0.493 e. The number of benzene rings is 3.